The lowest BCUT2D eigenvalue weighted by Crippen LogP contribution is -2.59. The van der Waals surface area contributed by atoms with Crippen LogP contribution in [-0.2, 0) is 30.2 Å². The predicted molar refractivity (Wildman–Crippen MR) is 186 cm³/mol. The molecule has 0 unspecified atom stereocenters. The lowest BCUT2D eigenvalue weighted by molar-refractivity contribution is -0.186. The van der Waals surface area contributed by atoms with Gasteiger partial charge in [0.25, 0.3) is 0 Å². The normalized spacial score (nSPS) is 18.4. The van der Waals surface area contributed by atoms with Gasteiger partial charge in [0.2, 0.25) is 5.91 Å². The summed E-state index contributed by atoms with van der Waals surface area (Å²) in [5, 5.41) is 5.83. The van der Waals surface area contributed by atoms with Crippen LogP contribution in [0, 0.1) is 11.6 Å². The van der Waals surface area contributed by atoms with Crippen molar-refractivity contribution in [1.29, 1.82) is 0 Å². The SMILES string of the molecule is COC(=O)N[C@H](C(=O)Nc1cnccc1CC[C@@H]1CN(C(=O)OC(C)(C)C)CC2(CCOCC2)O1)[C@@H](c1ccc(Cl)cc1)c1cc(F)cc(F)c1. The van der Waals surface area contributed by atoms with Crippen molar-refractivity contribution in [2.45, 2.75) is 75.7 Å². The number of anilines is 1. The fourth-order valence-electron chi connectivity index (χ4n) is 6.49. The second-order valence-electron chi connectivity index (χ2n) is 13.8. The number of amides is 3. The standard InChI is InChI=1S/C37H43ClF2N4O7/c1-36(2,3)51-35(47)44-21-29(50-37(22-44)12-15-49-16-13-37)10-7-23-11-14-41-20-30(23)42-33(45)32(43-34(46)48-4)31(24-5-8-26(38)9-6-24)25-17-27(39)19-28(40)18-25/h5-6,8-9,11,14,17-20,29,31-32H,7,10,12-13,15-16,21-22H2,1-4H3,(H,42,45)(H,43,46)/t29-,31+,32+/m1/s1. The molecule has 3 aromatic rings. The topological polar surface area (TPSA) is 128 Å². The fraction of sp³-hybridized carbons (Fsp3) is 0.459. The lowest BCUT2D eigenvalue weighted by Gasteiger charge is -2.48. The molecule has 0 saturated carbocycles. The predicted octanol–water partition coefficient (Wildman–Crippen LogP) is 6.63. The van der Waals surface area contributed by atoms with Crippen LogP contribution in [0.5, 0.6) is 0 Å². The number of hydrogen-bond donors (Lipinski definition) is 2. The minimum absolute atomic E-state index is 0.101. The van der Waals surface area contributed by atoms with E-state index in [-0.39, 0.29) is 11.7 Å². The molecule has 2 aromatic carbocycles. The number of morpholine rings is 1. The zero-order valence-electron chi connectivity index (χ0n) is 29.0. The van der Waals surface area contributed by atoms with Crippen LogP contribution in [0.15, 0.2) is 60.9 Å². The zero-order valence-corrected chi connectivity index (χ0v) is 29.8. The number of halogens is 3. The Morgan fingerprint density at radius 1 is 1.06 bits per heavy atom. The highest BCUT2D eigenvalue weighted by Crippen LogP contribution is 2.35. The van der Waals surface area contributed by atoms with Crippen LogP contribution < -0.4 is 10.6 Å². The molecule has 3 heterocycles. The van der Waals surface area contributed by atoms with Crippen molar-refractivity contribution in [3.63, 3.8) is 0 Å². The molecule has 2 fully saturated rings. The van der Waals surface area contributed by atoms with Crippen molar-refractivity contribution >= 4 is 35.4 Å². The van der Waals surface area contributed by atoms with Gasteiger partial charge in [-0.3, -0.25) is 9.78 Å². The number of methoxy groups -OCH3 is 1. The lowest BCUT2D eigenvalue weighted by atomic mass is 9.84. The first-order valence-electron chi connectivity index (χ1n) is 16.8. The van der Waals surface area contributed by atoms with E-state index in [1.54, 1.807) is 41.4 Å². The van der Waals surface area contributed by atoms with E-state index in [1.807, 2.05) is 20.8 Å². The van der Waals surface area contributed by atoms with Gasteiger partial charge in [-0.2, -0.15) is 0 Å². The first-order valence-corrected chi connectivity index (χ1v) is 17.2. The van der Waals surface area contributed by atoms with Crippen LogP contribution in [0.2, 0.25) is 5.02 Å². The first-order chi connectivity index (χ1) is 24.2. The number of carbonyl (C=O) groups excluding carboxylic acids is 3. The van der Waals surface area contributed by atoms with Gasteiger partial charge in [0, 0.05) is 49.3 Å². The summed E-state index contributed by atoms with van der Waals surface area (Å²) in [6.07, 6.45) is 3.60. The van der Waals surface area contributed by atoms with Gasteiger partial charge in [-0.05, 0) is 80.6 Å². The largest absolute Gasteiger partial charge is 0.453 e. The smallest absolute Gasteiger partial charge is 0.410 e. The third-order valence-corrected chi connectivity index (χ3v) is 9.08. The Labute approximate surface area is 300 Å². The molecule has 1 aromatic heterocycles. The van der Waals surface area contributed by atoms with E-state index in [4.69, 9.17) is 30.5 Å². The number of carbonyl (C=O) groups is 3. The summed E-state index contributed by atoms with van der Waals surface area (Å²) in [4.78, 5) is 45.9. The van der Waals surface area contributed by atoms with Crippen LogP contribution in [0.3, 0.4) is 0 Å². The molecule has 0 radical (unpaired) electrons. The van der Waals surface area contributed by atoms with Gasteiger partial charge in [0.15, 0.2) is 0 Å². The summed E-state index contributed by atoms with van der Waals surface area (Å²) in [5.41, 5.74) is 0.414. The van der Waals surface area contributed by atoms with Crippen LogP contribution in [0.1, 0.15) is 62.6 Å². The molecule has 2 saturated heterocycles. The van der Waals surface area contributed by atoms with E-state index >= 15 is 0 Å². The van der Waals surface area contributed by atoms with Crippen molar-refractivity contribution in [3.05, 3.63) is 94.3 Å². The molecule has 11 nitrogen and oxygen atoms in total. The van der Waals surface area contributed by atoms with Gasteiger partial charge in [-0.25, -0.2) is 18.4 Å². The van der Waals surface area contributed by atoms with Crippen molar-refractivity contribution in [2.24, 2.45) is 0 Å². The summed E-state index contributed by atoms with van der Waals surface area (Å²) in [6, 6.07) is 9.67. The van der Waals surface area contributed by atoms with Crippen molar-refractivity contribution in [2.75, 3.05) is 38.7 Å². The second kappa shape index (κ2) is 16.3. The molecule has 14 heteroatoms. The van der Waals surface area contributed by atoms with Crippen LogP contribution >= 0.6 is 11.6 Å². The minimum atomic E-state index is -1.40. The average Bonchev–Trinajstić information content (AvgIpc) is 3.07. The Hall–Kier alpha value is -4.33. The van der Waals surface area contributed by atoms with E-state index in [9.17, 15) is 23.2 Å². The molecule has 274 valence electrons. The van der Waals surface area contributed by atoms with Gasteiger partial charge in [-0.15, -0.1) is 0 Å². The highest BCUT2D eigenvalue weighted by molar-refractivity contribution is 6.30. The number of rotatable bonds is 9. The Kier molecular flexibility index (Phi) is 12.2. The number of pyridine rings is 1. The number of nitrogens with one attached hydrogen (secondary N) is 2. The van der Waals surface area contributed by atoms with Crippen LogP contribution in [-0.4, -0.2) is 84.7 Å². The third kappa shape index (κ3) is 10.1. The van der Waals surface area contributed by atoms with E-state index in [0.29, 0.717) is 73.8 Å². The number of alkyl carbamates (subject to hydrolysis) is 1. The molecule has 1 spiro atoms. The summed E-state index contributed by atoms with van der Waals surface area (Å²) < 4.78 is 51.8. The first kappa shape index (κ1) is 37.9. The molecule has 3 atom stereocenters. The Balaban J connectivity index is 1.40. The number of aromatic nitrogens is 1. The fourth-order valence-corrected chi connectivity index (χ4v) is 6.62. The van der Waals surface area contributed by atoms with E-state index in [0.717, 1.165) is 25.3 Å². The molecule has 0 bridgehead atoms. The quantitative estimate of drug-likeness (QED) is 0.252. The van der Waals surface area contributed by atoms with Crippen molar-refractivity contribution in [1.82, 2.24) is 15.2 Å². The average molecular weight is 729 g/mol. The van der Waals surface area contributed by atoms with Crippen molar-refractivity contribution < 1.29 is 42.1 Å². The highest BCUT2D eigenvalue weighted by atomic mass is 35.5. The molecular formula is C37H43ClF2N4O7. The maximum Gasteiger partial charge on any atom is 0.410 e. The molecule has 3 amide bonds. The molecule has 2 aliphatic rings. The van der Waals surface area contributed by atoms with Crippen LogP contribution in [0.4, 0.5) is 24.1 Å². The van der Waals surface area contributed by atoms with Gasteiger partial charge < -0.3 is 34.5 Å². The summed E-state index contributed by atoms with van der Waals surface area (Å²) in [7, 11) is 1.14. The summed E-state index contributed by atoms with van der Waals surface area (Å²) in [5.74, 6) is -3.45. The van der Waals surface area contributed by atoms with E-state index < -0.39 is 52.9 Å². The third-order valence-electron chi connectivity index (χ3n) is 8.83. The molecule has 0 aliphatic carbocycles. The highest BCUT2D eigenvalue weighted by Gasteiger charge is 2.44. The van der Waals surface area contributed by atoms with Gasteiger partial charge >= 0.3 is 12.2 Å². The number of benzene rings is 2. The molecule has 5 rings (SSSR count). The van der Waals surface area contributed by atoms with E-state index in [1.165, 1.54) is 6.20 Å². The van der Waals surface area contributed by atoms with Gasteiger partial charge in [0.05, 0.1) is 43.8 Å². The molecule has 51 heavy (non-hydrogen) atoms. The minimum Gasteiger partial charge on any atom is -0.453 e. The number of aryl methyl sites for hydroxylation is 1. The monoisotopic (exact) mass is 728 g/mol. The van der Waals surface area contributed by atoms with Gasteiger partial charge in [-0.1, -0.05) is 23.7 Å². The van der Waals surface area contributed by atoms with Crippen LogP contribution in [0.25, 0.3) is 0 Å². The molecular weight excluding hydrogens is 686 g/mol. The maximum absolute atomic E-state index is 14.5. The van der Waals surface area contributed by atoms with Gasteiger partial charge in [0.1, 0.15) is 23.3 Å². The second-order valence-corrected chi connectivity index (χ2v) is 14.2. The maximum atomic E-state index is 14.5. The summed E-state index contributed by atoms with van der Waals surface area (Å²) >= 11 is 6.13. The summed E-state index contributed by atoms with van der Waals surface area (Å²) in [6.45, 7) is 7.24. The number of nitrogens with zero attached hydrogens (tertiary/aromatic N) is 2. The zero-order chi connectivity index (χ0) is 36.8. The van der Waals surface area contributed by atoms with Crippen molar-refractivity contribution in [3.8, 4) is 0 Å². The molecule has 2 aliphatic heterocycles. The Morgan fingerprint density at radius 3 is 2.39 bits per heavy atom. The number of hydrogen-bond acceptors (Lipinski definition) is 8. The van der Waals surface area contributed by atoms with E-state index in [2.05, 4.69) is 15.6 Å². The Morgan fingerprint density at radius 2 is 1.75 bits per heavy atom. The Bertz CT molecular complexity index is 1680. The number of ether oxygens (including phenoxy) is 4. The molecule has 2 N–H and O–H groups in total.